The first-order valence-electron chi connectivity index (χ1n) is 9.05. The number of amidine groups is 1. The second kappa shape index (κ2) is 8.07. The minimum Gasteiger partial charge on any atom is -0.462 e. The summed E-state index contributed by atoms with van der Waals surface area (Å²) in [6.07, 6.45) is 0.707. The molecule has 1 aromatic carbocycles. The Hall–Kier alpha value is -1.79. The molecule has 0 N–H and O–H groups in total. The molecule has 1 amide bonds. The van der Waals surface area contributed by atoms with Crippen LogP contribution in [0.15, 0.2) is 40.5 Å². The Morgan fingerprint density at radius 2 is 2.00 bits per heavy atom. The Balaban J connectivity index is 2.06. The fraction of sp³-hybridized carbons (Fsp3) is 0.450. The van der Waals surface area contributed by atoms with Crippen molar-refractivity contribution < 1.29 is 14.3 Å². The highest BCUT2D eigenvalue weighted by Crippen LogP contribution is 2.44. The summed E-state index contributed by atoms with van der Waals surface area (Å²) < 4.78 is 5.49. The number of hydrogen-bond donors (Lipinski definition) is 0. The molecule has 1 saturated heterocycles. The average Bonchev–Trinajstić information content (AvgIpc) is 2.94. The van der Waals surface area contributed by atoms with Crippen molar-refractivity contribution in [3.63, 3.8) is 0 Å². The first-order valence-corrected chi connectivity index (χ1v) is 10.3. The van der Waals surface area contributed by atoms with Crippen LogP contribution >= 0.6 is 23.4 Å². The quantitative estimate of drug-likeness (QED) is 0.671. The highest BCUT2D eigenvalue weighted by atomic mass is 35.5. The highest BCUT2D eigenvalue weighted by molar-refractivity contribution is 8.15. The van der Waals surface area contributed by atoms with Crippen LogP contribution in [0.4, 0.5) is 0 Å². The molecule has 0 unspecified atom stereocenters. The predicted octanol–water partition coefficient (Wildman–Crippen LogP) is 4.58. The molecule has 27 heavy (non-hydrogen) atoms. The van der Waals surface area contributed by atoms with Gasteiger partial charge >= 0.3 is 5.97 Å². The van der Waals surface area contributed by atoms with E-state index in [-0.39, 0.29) is 17.1 Å². The third-order valence-electron chi connectivity index (χ3n) is 4.48. The number of halogens is 1. The van der Waals surface area contributed by atoms with E-state index in [0.717, 1.165) is 5.56 Å². The second-order valence-electron chi connectivity index (χ2n) is 7.06. The van der Waals surface area contributed by atoms with Gasteiger partial charge in [0.2, 0.25) is 5.91 Å². The van der Waals surface area contributed by atoms with Crippen molar-refractivity contribution in [2.75, 3.05) is 6.61 Å². The number of thioether (sulfide) groups is 1. The summed E-state index contributed by atoms with van der Waals surface area (Å²) in [4.78, 5) is 32.1. The SMILES string of the molecule is CC[C@@H]1SC2=NC(C)=C(C(=O)OCC(C)C)[C@@H](c3ccc(Cl)cc3)N2C1=O. The van der Waals surface area contributed by atoms with Gasteiger partial charge in [-0.25, -0.2) is 9.79 Å². The molecule has 2 atom stereocenters. The van der Waals surface area contributed by atoms with Gasteiger partial charge in [0, 0.05) is 5.02 Å². The van der Waals surface area contributed by atoms with Crippen LogP contribution in [0.1, 0.15) is 45.7 Å². The maximum Gasteiger partial charge on any atom is 0.338 e. The lowest BCUT2D eigenvalue weighted by Crippen LogP contribution is -2.40. The van der Waals surface area contributed by atoms with Gasteiger partial charge in [-0.3, -0.25) is 9.69 Å². The fourth-order valence-electron chi connectivity index (χ4n) is 3.13. The summed E-state index contributed by atoms with van der Waals surface area (Å²) >= 11 is 7.49. The van der Waals surface area contributed by atoms with Gasteiger partial charge in [0.05, 0.1) is 29.2 Å². The molecule has 5 nitrogen and oxygen atoms in total. The standard InChI is InChI=1S/C20H23ClN2O3S/c1-5-15-18(24)23-17(13-6-8-14(21)9-7-13)16(12(4)22-20(23)27-15)19(25)26-10-11(2)3/h6-9,11,15,17H,5,10H2,1-4H3/t15-,17+/m0/s1. The van der Waals surface area contributed by atoms with E-state index in [9.17, 15) is 9.59 Å². The number of carbonyl (C=O) groups is 2. The zero-order valence-corrected chi connectivity index (χ0v) is 17.4. The topological polar surface area (TPSA) is 59.0 Å². The van der Waals surface area contributed by atoms with Gasteiger partial charge in [-0.1, -0.05) is 56.3 Å². The monoisotopic (exact) mass is 406 g/mol. The minimum absolute atomic E-state index is 0.0251. The molecule has 0 bridgehead atoms. The van der Waals surface area contributed by atoms with Crippen molar-refractivity contribution in [3.05, 3.63) is 46.1 Å². The summed E-state index contributed by atoms with van der Waals surface area (Å²) in [5.74, 6) is -0.232. The van der Waals surface area contributed by atoms with Crippen LogP contribution in [-0.2, 0) is 14.3 Å². The Kier molecular flexibility index (Phi) is 5.96. The molecule has 2 heterocycles. The normalized spacial score (nSPS) is 22.2. The number of hydrogen-bond acceptors (Lipinski definition) is 5. The number of nitrogens with zero attached hydrogens (tertiary/aromatic N) is 2. The Morgan fingerprint density at radius 1 is 1.33 bits per heavy atom. The Bertz CT molecular complexity index is 817. The zero-order chi connectivity index (χ0) is 19.7. The predicted molar refractivity (Wildman–Crippen MR) is 109 cm³/mol. The van der Waals surface area contributed by atoms with Crippen LogP contribution in [-0.4, -0.2) is 33.8 Å². The Morgan fingerprint density at radius 3 is 2.59 bits per heavy atom. The number of carbonyl (C=O) groups excluding carboxylic acids is 2. The summed E-state index contributed by atoms with van der Waals surface area (Å²) in [5.41, 5.74) is 1.81. The lowest BCUT2D eigenvalue weighted by atomic mass is 9.94. The average molecular weight is 407 g/mol. The van der Waals surface area contributed by atoms with Crippen molar-refractivity contribution in [1.82, 2.24) is 4.90 Å². The second-order valence-corrected chi connectivity index (χ2v) is 8.67. The van der Waals surface area contributed by atoms with E-state index in [2.05, 4.69) is 4.99 Å². The van der Waals surface area contributed by atoms with E-state index in [1.165, 1.54) is 11.8 Å². The molecular weight excluding hydrogens is 384 g/mol. The molecule has 0 radical (unpaired) electrons. The first kappa shape index (κ1) is 20.0. The molecule has 0 aromatic heterocycles. The van der Waals surface area contributed by atoms with Crippen LogP contribution in [0.5, 0.6) is 0 Å². The third-order valence-corrected chi connectivity index (χ3v) is 6.05. The van der Waals surface area contributed by atoms with Crippen LogP contribution in [0.2, 0.25) is 5.02 Å². The van der Waals surface area contributed by atoms with Gasteiger partial charge in [0.1, 0.15) is 0 Å². The van der Waals surface area contributed by atoms with Gasteiger partial charge in [0.15, 0.2) is 5.17 Å². The molecule has 0 aliphatic carbocycles. The fourth-order valence-corrected chi connectivity index (χ4v) is 4.39. The number of esters is 1. The largest absolute Gasteiger partial charge is 0.462 e. The maximum absolute atomic E-state index is 13.0. The van der Waals surface area contributed by atoms with Crippen LogP contribution in [0, 0.1) is 5.92 Å². The molecule has 2 aliphatic heterocycles. The van der Waals surface area contributed by atoms with E-state index in [1.807, 2.05) is 32.9 Å². The van der Waals surface area contributed by atoms with E-state index >= 15 is 0 Å². The van der Waals surface area contributed by atoms with E-state index in [0.29, 0.717) is 34.5 Å². The zero-order valence-electron chi connectivity index (χ0n) is 15.9. The van der Waals surface area contributed by atoms with Crippen molar-refractivity contribution in [3.8, 4) is 0 Å². The highest BCUT2D eigenvalue weighted by Gasteiger charge is 2.47. The number of rotatable bonds is 5. The van der Waals surface area contributed by atoms with Crippen LogP contribution in [0.25, 0.3) is 0 Å². The molecular formula is C20H23ClN2O3S. The smallest absolute Gasteiger partial charge is 0.338 e. The molecule has 1 aromatic rings. The molecule has 1 fully saturated rings. The number of fused-ring (bicyclic) bond motifs is 1. The van der Waals surface area contributed by atoms with E-state index in [1.54, 1.807) is 24.0 Å². The lowest BCUT2D eigenvalue weighted by molar-refractivity contribution is -0.141. The van der Waals surface area contributed by atoms with Crippen molar-refractivity contribution >= 4 is 40.4 Å². The maximum atomic E-state index is 13.0. The number of ether oxygens (including phenoxy) is 1. The molecule has 2 aliphatic rings. The summed E-state index contributed by atoms with van der Waals surface area (Å²) in [6, 6.07) is 6.66. The number of benzene rings is 1. The molecule has 7 heteroatoms. The lowest BCUT2D eigenvalue weighted by Gasteiger charge is -2.33. The number of allylic oxidation sites excluding steroid dienone is 1. The summed E-state index contributed by atoms with van der Waals surface area (Å²) in [6.45, 7) is 8.05. The summed E-state index contributed by atoms with van der Waals surface area (Å²) in [7, 11) is 0. The van der Waals surface area contributed by atoms with Crippen molar-refractivity contribution in [1.29, 1.82) is 0 Å². The van der Waals surface area contributed by atoms with Gasteiger partial charge in [-0.2, -0.15) is 0 Å². The third kappa shape index (κ3) is 3.92. The number of amides is 1. The van der Waals surface area contributed by atoms with E-state index < -0.39 is 12.0 Å². The molecule has 3 rings (SSSR count). The Labute approximate surface area is 168 Å². The van der Waals surface area contributed by atoms with E-state index in [4.69, 9.17) is 16.3 Å². The molecule has 0 saturated carbocycles. The number of aliphatic imine (C=N–C) groups is 1. The van der Waals surface area contributed by atoms with Crippen LogP contribution < -0.4 is 0 Å². The van der Waals surface area contributed by atoms with Crippen molar-refractivity contribution in [2.24, 2.45) is 10.9 Å². The summed E-state index contributed by atoms with van der Waals surface area (Å²) in [5, 5.41) is 1.06. The van der Waals surface area contributed by atoms with Gasteiger partial charge in [-0.15, -0.1) is 0 Å². The molecule has 144 valence electrons. The minimum atomic E-state index is -0.550. The van der Waals surface area contributed by atoms with Crippen molar-refractivity contribution in [2.45, 2.75) is 45.4 Å². The van der Waals surface area contributed by atoms with Gasteiger partial charge in [0.25, 0.3) is 0 Å². The van der Waals surface area contributed by atoms with Gasteiger partial charge < -0.3 is 4.74 Å². The first-order chi connectivity index (χ1) is 12.8. The van der Waals surface area contributed by atoms with Crippen LogP contribution in [0.3, 0.4) is 0 Å². The van der Waals surface area contributed by atoms with Gasteiger partial charge in [-0.05, 0) is 37.0 Å². The molecule has 0 spiro atoms.